The molecule has 1 amide bonds. The first kappa shape index (κ1) is 21.8. The van der Waals surface area contributed by atoms with Gasteiger partial charge in [-0.3, -0.25) is 14.5 Å². The van der Waals surface area contributed by atoms with Crippen LogP contribution in [-0.4, -0.2) is 22.9 Å². The van der Waals surface area contributed by atoms with Gasteiger partial charge in [0.05, 0.1) is 11.7 Å². The van der Waals surface area contributed by atoms with Gasteiger partial charge in [0.2, 0.25) is 0 Å². The van der Waals surface area contributed by atoms with Crippen molar-refractivity contribution >= 4 is 34.5 Å². The van der Waals surface area contributed by atoms with E-state index in [1.165, 1.54) is 16.2 Å². The average molecular weight is 448 g/mol. The topological polar surface area (TPSA) is 66.8 Å². The molecule has 0 spiro atoms. The van der Waals surface area contributed by atoms with Crippen molar-refractivity contribution in [3.05, 3.63) is 87.1 Å². The lowest BCUT2D eigenvalue weighted by molar-refractivity contribution is -0.132. The standard InChI is InChI=1S/C26H25NO4S/c1-15(2)31-20-10-6-8-18(14-20)23(28)21-22(25-17(4)11-12-32-25)27(26(30)24(21)29)19-9-5-7-16(3)13-19/h5-15,22,28H,1-4H3/b23-21-. The number of thiophene rings is 1. The molecule has 1 fully saturated rings. The summed E-state index contributed by atoms with van der Waals surface area (Å²) in [7, 11) is 0. The molecule has 1 N–H and O–H groups in total. The van der Waals surface area contributed by atoms with Crippen molar-refractivity contribution in [3.8, 4) is 5.75 Å². The van der Waals surface area contributed by atoms with E-state index in [0.717, 1.165) is 16.0 Å². The Hall–Kier alpha value is -3.38. The minimum Gasteiger partial charge on any atom is -0.507 e. The quantitative estimate of drug-likeness (QED) is 0.306. The summed E-state index contributed by atoms with van der Waals surface area (Å²) in [6.45, 7) is 7.71. The van der Waals surface area contributed by atoms with Crippen molar-refractivity contribution in [1.82, 2.24) is 0 Å². The molecule has 1 aromatic heterocycles. The number of nitrogens with zero attached hydrogens (tertiary/aromatic N) is 1. The van der Waals surface area contributed by atoms with Gasteiger partial charge in [-0.1, -0.05) is 24.3 Å². The molecule has 1 atom stereocenters. The summed E-state index contributed by atoms with van der Waals surface area (Å²) >= 11 is 1.47. The summed E-state index contributed by atoms with van der Waals surface area (Å²) in [5.41, 5.74) is 3.08. The monoisotopic (exact) mass is 447 g/mol. The van der Waals surface area contributed by atoms with Crippen molar-refractivity contribution in [3.63, 3.8) is 0 Å². The van der Waals surface area contributed by atoms with Crippen LogP contribution < -0.4 is 9.64 Å². The summed E-state index contributed by atoms with van der Waals surface area (Å²) < 4.78 is 5.74. The lowest BCUT2D eigenvalue weighted by Gasteiger charge is -2.25. The van der Waals surface area contributed by atoms with Crippen LogP contribution in [0.15, 0.2) is 65.6 Å². The van der Waals surface area contributed by atoms with Gasteiger partial charge in [0, 0.05) is 16.1 Å². The molecule has 1 unspecified atom stereocenters. The molecule has 2 heterocycles. The highest BCUT2D eigenvalue weighted by atomic mass is 32.1. The zero-order chi connectivity index (χ0) is 23.0. The van der Waals surface area contributed by atoms with Crippen LogP contribution in [0.1, 0.15) is 41.5 Å². The van der Waals surface area contributed by atoms with Gasteiger partial charge in [-0.05, 0) is 74.5 Å². The number of aliphatic hydroxyl groups excluding tert-OH is 1. The van der Waals surface area contributed by atoms with Crippen LogP contribution in [0.2, 0.25) is 0 Å². The maximum Gasteiger partial charge on any atom is 0.300 e. The Morgan fingerprint density at radius 2 is 1.81 bits per heavy atom. The summed E-state index contributed by atoms with van der Waals surface area (Å²) in [5, 5.41) is 13.2. The number of ketones is 1. The number of rotatable bonds is 5. The van der Waals surface area contributed by atoms with Gasteiger partial charge in [0.15, 0.2) is 0 Å². The van der Waals surface area contributed by atoms with Crippen LogP contribution >= 0.6 is 11.3 Å². The highest BCUT2D eigenvalue weighted by Gasteiger charge is 2.47. The number of aliphatic hydroxyl groups is 1. The number of anilines is 1. The molecule has 1 aliphatic heterocycles. The maximum atomic E-state index is 13.2. The summed E-state index contributed by atoms with van der Waals surface area (Å²) in [4.78, 5) is 28.8. The van der Waals surface area contributed by atoms with E-state index in [1.807, 2.05) is 63.4 Å². The number of Topliss-reactive ketones (excluding diaryl/α,β-unsaturated/α-hetero) is 1. The fourth-order valence-electron chi connectivity index (χ4n) is 3.93. The zero-order valence-electron chi connectivity index (χ0n) is 18.5. The Labute approximate surface area is 191 Å². The largest absolute Gasteiger partial charge is 0.507 e. The Balaban J connectivity index is 1.91. The van der Waals surface area contributed by atoms with Crippen molar-refractivity contribution in [2.45, 2.75) is 39.8 Å². The number of hydrogen-bond donors (Lipinski definition) is 1. The third kappa shape index (κ3) is 3.94. The minimum absolute atomic E-state index is 0.0342. The van der Waals surface area contributed by atoms with Crippen LogP contribution in [0, 0.1) is 13.8 Å². The molecule has 5 nitrogen and oxygen atoms in total. The minimum atomic E-state index is -0.702. The van der Waals surface area contributed by atoms with E-state index in [1.54, 1.807) is 24.3 Å². The number of carbonyl (C=O) groups is 2. The van der Waals surface area contributed by atoms with E-state index in [-0.39, 0.29) is 17.4 Å². The molecule has 2 aromatic carbocycles. The molecule has 0 aliphatic carbocycles. The third-order valence-corrected chi connectivity index (χ3v) is 6.42. The van der Waals surface area contributed by atoms with Gasteiger partial charge in [0.25, 0.3) is 11.7 Å². The van der Waals surface area contributed by atoms with E-state index in [0.29, 0.717) is 17.0 Å². The van der Waals surface area contributed by atoms with Gasteiger partial charge in [-0.2, -0.15) is 0 Å². The fraction of sp³-hybridized carbons (Fsp3) is 0.231. The number of amides is 1. The van der Waals surface area contributed by atoms with Crippen LogP contribution in [0.25, 0.3) is 5.76 Å². The average Bonchev–Trinajstić information content (AvgIpc) is 3.28. The Morgan fingerprint density at radius 3 is 2.47 bits per heavy atom. The molecular formula is C26H25NO4S. The zero-order valence-corrected chi connectivity index (χ0v) is 19.3. The Bertz CT molecular complexity index is 1220. The second kappa shape index (κ2) is 8.63. The van der Waals surface area contributed by atoms with Crippen molar-refractivity contribution in [2.75, 3.05) is 4.90 Å². The number of carbonyl (C=O) groups excluding carboxylic acids is 2. The van der Waals surface area contributed by atoms with Crippen LogP contribution in [0.3, 0.4) is 0 Å². The van der Waals surface area contributed by atoms with E-state index < -0.39 is 17.7 Å². The van der Waals surface area contributed by atoms with Crippen LogP contribution in [0.4, 0.5) is 5.69 Å². The Morgan fingerprint density at radius 1 is 1.06 bits per heavy atom. The van der Waals surface area contributed by atoms with Gasteiger partial charge in [-0.25, -0.2) is 0 Å². The van der Waals surface area contributed by atoms with Crippen molar-refractivity contribution < 1.29 is 19.4 Å². The van der Waals surface area contributed by atoms with E-state index in [9.17, 15) is 14.7 Å². The second-order valence-corrected chi connectivity index (χ2v) is 9.12. The van der Waals surface area contributed by atoms with E-state index >= 15 is 0 Å². The molecule has 4 rings (SSSR count). The molecule has 0 saturated carbocycles. The third-order valence-electron chi connectivity index (χ3n) is 5.35. The van der Waals surface area contributed by atoms with E-state index in [4.69, 9.17) is 4.74 Å². The summed E-state index contributed by atoms with van der Waals surface area (Å²) in [6, 6.07) is 15.7. The molecule has 3 aromatic rings. The maximum absolute atomic E-state index is 13.2. The van der Waals surface area contributed by atoms with E-state index in [2.05, 4.69) is 0 Å². The molecular weight excluding hydrogens is 422 g/mol. The molecule has 6 heteroatoms. The molecule has 32 heavy (non-hydrogen) atoms. The first-order chi connectivity index (χ1) is 15.3. The molecule has 0 radical (unpaired) electrons. The molecule has 164 valence electrons. The number of hydrogen-bond acceptors (Lipinski definition) is 5. The van der Waals surface area contributed by atoms with Crippen molar-refractivity contribution in [1.29, 1.82) is 0 Å². The molecule has 1 saturated heterocycles. The van der Waals surface area contributed by atoms with Gasteiger partial charge < -0.3 is 9.84 Å². The molecule has 1 aliphatic rings. The van der Waals surface area contributed by atoms with Crippen LogP contribution in [-0.2, 0) is 9.59 Å². The Kier molecular flexibility index (Phi) is 5.89. The lowest BCUT2D eigenvalue weighted by Crippen LogP contribution is -2.29. The summed E-state index contributed by atoms with van der Waals surface area (Å²) in [6.07, 6.45) is -0.0342. The van der Waals surface area contributed by atoms with Crippen LogP contribution in [0.5, 0.6) is 5.75 Å². The van der Waals surface area contributed by atoms with Gasteiger partial charge in [-0.15, -0.1) is 11.3 Å². The predicted molar refractivity (Wildman–Crippen MR) is 127 cm³/mol. The normalized spacial score (nSPS) is 17.9. The first-order valence-corrected chi connectivity index (χ1v) is 11.3. The fourth-order valence-corrected chi connectivity index (χ4v) is 4.96. The second-order valence-electron chi connectivity index (χ2n) is 8.17. The summed E-state index contributed by atoms with van der Waals surface area (Å²) in [5.74, 6) is -0.965. The first-order valence-electron chi connectivity index (χ1n) is 10.5. The lowest BCUT2D eigenvalue weighted by atomic mass is 9.98. The number of benzene rings is 2. The van der Waals surface area contributed by atoms with Gasteiger partial charge >= 0.3 is 0 Å². The number of ether oxygens (including phenoxy) is 1. The highest BCUT2D eigenvalue weighted by Crippen LogP contribution is 2.45. The van der Waals surface area contributed by atoms with Gasteiger partial charge in [0.1, 0.15) is 17.6 Å². The molecule has 0 bridgehead atoms. The smallest absolute Gasteiger partial charge is 0.300 e. The SMILES string of the molecule is Cc1cccc(N2C(=O)C(=O)/C(=C(\O)c3cccc(OC(C)C)c3)C2c2sccc2C)c1. The highest BCUT2D eigenvalue weighted by molar-refractivity contribution is 7.10. The van der Waals surface area contributed by atoms with Crippen molar-refractivity contribution in [2.24, 2.45) is 0 Å². The number of aryl methyl sites for hydroxylation is 2. The predicted octanol–water partition coefficient (Wildman–Crippen LogP) is 5.78.